The van der Waals surface area contributed by atoms with Gasteiger partial charge in [-0.3, -0.25) is 4.79 Å². The van der Waals surface area contributed by atoms with Crippen LogP contribution in [-0.4, -0.2) is 22.6 Å². The zero-order chi connectivity index (χ0) is 14.6. The maximum Gasteiger partial charge on any atom is 0.319 e. The summed E-state index contributed by atoms with van der Waals surface area (Å²) in [6.07, 6.45) is -0.208. The summed E-state index contributed by atoms with van der Waals surface area (Å²) in [7, 11) is 0. The molecule has 7 heteroatoms. The van der Waals surface area contributed by atoms with E-state index >= 15 is 0 Å². The summed E-state index contributed by atoms with van der Waals surface area (Å²) in [6, 6.07) is 3.76. The van der Waals surface area contributed by atoms with Crippen LogP contribution in [0.1, 0.15) is 20.3 Å². The average Bonchev–Trinajstić information content (AvgIpc) is 2.21. The van der Waals surface area contributed by atoms with Gasteiger partial charge in [-0.15, -0.1) is 0 Å². The quantitative estimate of drug-likeness (QED) is 0.703. The largest absolute Gasteiger partial charge is 0.481 e. The van der Waals surface area contributed by atoms with E-state index in [-0.39, 0.29) is 6.42 Å². The van der Waals surface area contributed by atoms with Crippen LogP contribution in [0, 0.1) is 9.39 Å². The summed E-state index contributed by atoms with van der Waals surface area (Å²) in [5.41, 5.74) is -0.557. The number of hydrogen-bond donors (Lipinski definition) is 3. The van der Waals surface area contributed by atoms with Gasteiger partial charge in [0.15, 0.2) is 0 Å². The van der Waals surface area contributed by atoms with Gasteiger partial charge in [-0.2, -0.15) is 0 Å². The predicted molar refractivity (Wildman–Crippen MR) is 77.6 cm³/mol. The molecular formula is C12H14FIN2O3. The molecule has 0 fully saturated rings. The van der Waals surface area contributed by atoms with Crippen molar-refractivity contribution in [1.82, 2.24) is 5.32 Å². The number of urea groups is 1. The number of benzene rings is 1. The first-order valence-corrected chi connectivity index (χ1v) is 6.54. The normalized spacial score (nSPS) is 10.9. The van der Waals surface area contributed by atoms with Crippen molar-refractivity contribution in [3.05, 3.63) is 27.6 Å². The fourth-order valence-corrected chi connectivity index (χ4v) is 1.98. The van der Waals surface area contributed by atoms with Crippen LogP contribution in [0.4, 0.5) is 14.9 Å². The number of carboxylic acid groups (broad SMARTS) is 1. The predicted octanol–water partition coefficient (Wildman–Crippen LogP) is 2.81. The number of aliphatic carboxylic acids is 1. The van der Waals surface area contributed by atoms with Crippen molar-refractivity contribution in [2.24, 2.45) is 0 Å². The lowest BCUT2D eigenvalue weighted by atomic mass is 10.0. The van der Waals surface area contributed by atoms with Crippen LogP contribution in [0.25, 0.3) is 0 Å². The summed E-state index contributed by atoms with van der Waals surface area (Å²) in [5.74, 6) is -1.44. The van der Waals surface area contributed by atoms with Gasteiger partial charge in [0.25, 0.3) is 0 Å². The van der Waals surface area contributed by atoms with E-state index in [1.807, 2.05) is 0 Å². The van der Waals surface area contributed by atoms with Crippen molar-refractivity contribution < 1.29 is 19.1 Å². The van der Waals surface area contributed by atoms with Crippen LogP contribution in [0.5, 0.6) is 0 Å². The number of carboxylic acids is 1. The Morgan fingerprint density at radius 1 is 1.42 bits per heavy atom. The molecule has 0 aliphatic rings. The number of anilines is 1. The molecule has 0 radical (unpaired) electrons. The summed E-state index contributed by atoms with van der Waals surface area (Å²) < 4.78 is 13.6. The number of carbonyl (C=O) groups is 2. The Hall–Kier alpha value is -1.38. The van der Waals surface area contributed by atoms with Gasteiger partial charge < -0.3 is 15.7 Å². The SMILES string of the molecule is CC(C)(CC(=O)O)NC(=O)Nc1cccc(F)c1I. The monoisotopic (exact) mass is 380 g/mol. The highest BCUT2D eigenvalue weighted by Gasteiger charge is 2.24. The first-order chi connectivity index (χ1) is 8.71. The van der Waals surface area contributed by atoms with Crippen molar-refractivity contribution in [2.45, 2.75) is 25.8 Å². The summed E-state index contributed by atoms with van der Waals surface area (Å²) in [6.45, 7) is 3.19. The first kappa shape index (κ1) is 15.7. The molecule has 1 aromatic carbocycles. The van der Waals surface area contributed by atoms with Crippen molar-refractivity contribution in [3.8, 4) is 0 Å². The summed E-state index contributed by atoms with van der Waals surface area (Å²) in [4.78, 5) is 22.4. The van der Waals surface area contributed by atoms with E-state index in [4.69, 9.17) is 5.11 Å². The number of rotatable bonds is 4. The van der Waals surface area contributed by atoms with E-state index in [9.17, 15) is 14.0 Å². The van der Waals surface area contributed by atoms with Gasteiger partial charge in [-0.05, 0) is 48.6 Å². The van der Waals surface area contributed by atoms with Crippen molar-refractivity contribution >= 4 is 40.3 Å². The van der Waals surface area contributed by atoms with Gasteiger partial charge in [-0.1, -0.05) is 6.07 Å². The molecule has 0 atom stereocenters. The molecule has 104 valence electrons. The Morgan fingerprint density at radius 2 is 2.05 bits per heavy atom. The number of amides is 2. The maximum absolute atomic E-state index is 13.3. The van der Waals surface area contributed by atoms with Crippen LogP contribution >= 0.6 is 22.6 Å². The lowest BCUT2D eigenvalue weighted by Crippen LogP contribution is -2.46. The van der Waals surface area contributed by atoms with Crippen LogP contribution in [0.2, 0.25) is 0 Å². The van der Waals surface area contributed by atoms with Crippen LogP contribution < -0.4 is 10.6 Å². The molecule has 0 aliphatic heterocycles. The lowest BCUT2D eigenvalue weighted by molar-refractivity contribution is -0.138. The van der Waals surface area contributed by atoms with Gasteiger partial charge in [-0.25, -0.2) is 9.18 Å². The molecule has 5 nitrogen and oxygen atoms in total. The molecule has 0 saturated carbocycles. The molecule has 3 N–H and O–H groups in total. The number of nitrogens with one attached hydrogen (secondary N) is 2. The Bertz CT molecular complexity index is 506. The van der Waals surface area contributed by atoms with E-state index in [1.165, 1.54) is 12.1 Å². The second-order valence-electron chi connectivity index (χ2n) is 4.63. The first-order valence-electron chi connectivity index (χ1n) is 5.46. The van der Waals surface area contributed by atoms with E-state index in [2.05, 4.69) is 10.6 Å². The summed E-state index contributed by atoms with van der Waals surface area (Å²) >= 11 is 1.78. The van der Waals surface area contributed by atoms with Crippen molar-refractivity contribution in [3.63, 3.8) is 0 Å². The van der Waals surface area contributed by atoms with Gasteiger partial charge >= 0.3 is 12.0 Å². The molecule has 0 bridgehead atoms. The molecular weight excluding hydrogens is 366 g/mol. The second kappa shape index (κ2) is 6.18. The van der Waals surface area contributed by atoms with E-state index in [0.717, 1.165) is 0 Å². The van der Waals surface area contributed by atoms with Gasteiger partial charge in [0, 0.05) is 5.54 Å². The van der Waals surface area contributed by atoms with Crippen molar-refractivity contribution in [1.29, 1.82) is 0 Å². The molecule has 0 aromatic heterocycles. The topological polar surface area (TPSA) is 78.4 Å². The smallest absolute Gasteiger partial charge is 0.319 e. The minimum absolute atomic E-state index is 0.208. The highest BCUT2D eigenvalue weighted by Crippen LogP contribution is 2.21. The van der Waals surface area contributed by atoms with Crippen LogP contribution in [0.3, 0.4) is 0 Å². The zero-order valence-electron chi connectivity index (χ0n) is 10.5. The Balaban J connectivity index is 2.70. The molecule has 19 heavy (non-hydrogen) atoms. The van der Waals surface area contributed by atoms with E-state index in [1.54, 1.807) is 42.5 Å². The fraction of sp³-hybridized carbons (Fsp3) is 0.333. The maximum atomic E-state index is 13.3. The molecule has 2 amide bonds. The molecule has 0 heterocycles. The molecule has 0 spiro atoms. The average molecular weight is 380 g/mol. The Labute approximate surface area is 123 Å². The third kappa shape index (κ3) is 5.01. The standard InChI is InChI=1S/C12H14FIN2O3/c1-12(2,6-9(17)18)16-11(19)15-8-5-3-4-7(13)10(8)14/h3-5H,6H2,1-2H3,(H,17,18)(H2,15,16,19). The lowest BCUT2D eigenvalue weighted by Gasteiger charge is -2.24. The molecule has 0 saturated heterocycles. The van der Waals surface area contributed by atoms with E-state index in [0.29, 0.717) is 9.26 Å². The minimum atomic E-state index is -1.01. The number of hydrogen-bond acceptors (Lipinski definition) is 2. The highest BCUT2D eigenvalue weighted by molar-refractivity contribution is 14.1. The Kier molecular flexibility index (Phi) is 5.10. The molecule has 0 aliphatic carbocycles. The number of carbonyl (C=O) groups excluding carboxylic acids is 1. The Morgan fingerprint density at radius 3 is 2.63 bits per heavy atom. The molecule has 1 rings (SSSR count). The highest BCUT2D eigenvalue weighted by atomic mass is 127. The van der Waals surface area contributed by atoms with Crippen LogP contribution in [-0.2, 0) is 4.79 Å². The molecule has 0 unspecified atom stereocenters. The van der Waals surface area contributed by atoms with Crippen molar-refractivity contribution in [2.75, 3.05) is 5.32 Å². The van der Waals surface area contributed by atoms with Gasteiger partial charge in [0.2, 0.25) is 0 Å². The minimum Gasteiger partial charge on any atom is -0.481 e. The number of halogens is 2. The zero-order valence-corrected chi connectivity index (χ0v) is 12.6. The molecule has 1 aromatic rings. The van der Waals surface area contributed by atoms with E-state index < -0.39 is 23.4 Å². The fourth-order valence-electron chi connectivity index (χ4n) is 1.48. The summed E-state index contributed by atoms with van der Waals surface area (Å²) in [5, 5.41) is 13.7. The van der Waals surface area contributed by atoms with Crippen LogP contribution in [0.15, 0.2) is 18.2 Å². The van der Waals surface area contributed by atoms with Gasteiger partial charge in [0.1, 0.15) is 5.82 Å². The third-order valence-corrected chi connectivity index (χ3v) is 3.34. The third-order valence-electron chi connectivity index (χ3n) is 2.24. The second-order valence-corrected chi connectivity index (χ2v) is 5.71. The van der Waals surface area contributed by atoms with Gasteiger partial charge in [0.05, 0.1) is 15.7 Å².